The number of fused-ring (bicyclic) bond motifs is 6. The van der Waals surface area contributed by atoms with Gasteiger partial charge in [-0.05, 0) is 49.7 Å². The minimum Gasteiger partial charge on any atom is -0.135 e. The highest BCUT2D eigenvalue weighted by atomic mass is 32.1. The second-order valence-electron chi connectivity index (χ2n) is 6.05. The lowest BCUT2D eigenvalue weighted by Gasteiger charge is -1.95. The van der Waals surface area contributed by atoms with Crippen molar-refractivity contribution in [1.82, 2.24) is 0 Å². The molecule has 0 radical (unpaired) electrons. The molecule has 0 saturated heterocycles. The third kappa shape index (κ3) is 1.68. The molecule has 0 spiro atoms. The fourth-order valence-corrected chi connectivity index (χ4v) is 5.60. The average Bonchev–Trinajstić information content (AvgIpc) is 3.01. The lowest BCUT2D eigenvalue weighted by Crippen LogP contribution is -1.71. The molecule has 2 heterocycles. The van der Waals surface area contributed by atoms with Gasteiger partial charge in [0, 0.05) is 40.3 Å². The maximum absolute atomic E-state index is 2.39. The lowest BCUT2D eigenvalue weighted by molar-refractivity contribution is 1.52. The Hall–Kier alpha value is -1.90. The van der Waals surface area contributed by atoms with Crippen LogP contribution >= 0.6 is 22.7 Å². The van der Waals surface area contributed by atoms with Crippen LogP contribution in [0.2, 0.25) is 0 Å². The summed E-state index contributed by atoms with van der Waals surface area (Å²) in [5.41, 5.74) is 2.67. The van der Waals surface area contributed by atoms with E-state index in [-0.39, 0.29) is 0 Å². The van der Waals surface area contributed by atoms with Gasteiger partial charge in [-0.1, -0.05) is 23.8 Å². The minimum atomic E-state index is 1.33. The molecule has 0 aliphatic heterocycles. The first-order valence-electron chi connectivity index (χ1n) is 7.45. The second kappa shape index (κ2) is 4.31. The zero-order chi connectivity index (χ0) is 14.8. The fourth-order valence-electron chi connectivity index (χ4n) is 3.27. The van der Waals surface area contributed by atoms with Gasteiger partial charge in [-0.15, -0.1) is 22.7 Å². The summed E-state index contributed by atoms with van der Waals surface area (Å²) in [4.78, 5) is 0. The molecular formula is C20H14S2. The minimum absolute atomic E-state index is 1.33. The molecule has 106 valence electrons. The van der Waals surface area contributed by atoms with Crippen molar-refractivity contribution in [3.8, 4) is 0 Å². The normalized spacial score (nSPS) is 12.1. The molecule has 5 aromatic rings. The third-order valence-corrected chi connectivity index (χ3v) is 6.62. The van der Waals surface area contributed by atoms with Gasteiger partial charge in [-0.25, -0.2) is 0 Å². The number of thiophene rings is 2. The second-order valence-corrected chi connectivity index (χ2v) is 8.22. The molecule has 0 unspecified atom stereocenters. The van der Waals surface area contributed by atoms with Gasteiger partial charge in [-0.2, -0.15) is 0 Å². The number of benzene rings is 3. The molecule has 2 heteroatoms. The highest BCUT2D eigenvalue weighted by Gasteiger charge is 2.10. The van der Waals surface area contributed by atoms with Gasteiger partial charge >= 0.3 is 0 Å². The molecule has 0 bridgehead atoms. The summed E-state index contributed by atoms with van der Waals surface area (Å²) < 4.78 is 5.58. The van der Waals surface area contributed by atoms with Crippen molar-refractivity contribution in [2.45, 2.75) is 13.8 Å². The highest BCUT2D eigenvalue weighted by molar-refractivity contribution is 7.27. The van der Waals surface area contributed by atoms with Crippen LogP contribution in [0.5, 0.6) is 0 Å². The van der Waals surface area contributed by atoms with E-state index < -0.39 is 0 Å². The zero-order valence-corrected chi connectivity index (χ0v) is 14.1. The van der Waals surface area contributed by atoms with Crippen LogP contribution in [0.4, 0.5) is 0 Å². The molecule has 0 aliphatic carbocycles. The van der Waals surface area contributed by atoms with E-state index in [0.717, 1.165) is 0 Å². The topological polar surface area (TPSA) is 0 Å². The largest absolute Gasteiger partial charge is 0.135 e. The van der Waals surface area contributed by atoms with Crippen molar-refractivity contribution >= 4 is 63.0 Å². The molecule has 0 amide bonds. The van der Waals surface area contributed by atoms with E-state index >= 15 is 0 Å². The maximum atomic E-state index is 2.39. The molecular weight excluding hydrogens is 304 g/mol. The van der Waals surface area contributed by atoms with Gasteiger partial charge in [0.15, 0.2) is 0 Å². The quantitative estimate of drug-likeness (QED) is 0.287. The van der Waals surface area contributed by atoms with Gasteiger partial charge in [0.25, 0.3) is 0 Å². The Morgan fingerprint density at radius 1 is 0.500 bits per heavy atom. The van der Waals surface area contributed by atoms with E-state index in [1.165, 1.54) is 51.5 Å². The number of rotatable bonds is 0. The van der Waals surface area contributed by atoms with Crippen molar-refractivity contribution in [3.63, 3.8) is 0 Å². The number of hydrogen-bond acceptors (Lipinski definition) is 2. The first-order valence-corrected chi connectivity index (χ1v) is 9.08. The summed E-state index contributed by atoms with van der Waals surface area (Å²) >= 11 is 3.82. The summed E-state index contributed by atoms with van der Waals surface area (Å²) in [5, 5.41) is 5.59. The Labute approximate surface area is 136 Å². The summed E-state index contributed by atoms with van der Waals surface area (Å²) in [5.74, 6) is 0. The van der Waals surface area contributed by atoms with Crippen molar-refractivity contribution in [2.24, 2.45) is 0 Å². The maximum Gasteiger partial charge on any atom is 0.0362 e. The Balaban J connectivity index is 1.98. The monoisotopic (exact) mass is 318 g/mol. The van der Waals surface area contributed by atoms with Gasteiger partial charge in [-0.3, -0.25) is 0 Å². The average molecular weight is 318 g/mol. The van der Waals surface area contributed by atoms with Crippen LogP contribution in [-0.2, 0) is 0 Å². The highest BCUT2D eigenvalue weighted by Crippen LogP contribution is 2.41. The molecule has 0 fully saturated rings. The van der Waals surface area contributed by atoms with Crippen molar-refractivity contribution in [2.75, 3.05) is 0 Å². The summed E-state index contributed by atoms with van der Waals surface area (Å²) in [7, 11) is 0. The molecule has 3 aromatic carbocycles. The SMILES string of the molecule is Cc1ccc2c(c1)sc1cc3c(cc12)sc1ccc(C)cc13. The fraction of sp³-hybridized carbons (Fsp3) is 0.100. The predicted molar refractivity (Wildman–Crippen MR) is 102 cm³/mol. The predicted octanol–water partition coefficient (Wildman–Crippen LogP) is 7.04. The van der Waals surface area contributed by atoms with Gasteiger partial charge in [0.05, 0.1) is 0 Å². The van der Waals surface area contributed by atoms with Gasteiger partial charge in [0.2, 0.25) is 0 Å². The van der Waals surface area contributed by atoms with Crippen LogP contribution in [0.15, 0.2) is 48.5 Å². The summed E-state index contributed by atoms with van der Waals surface area (Å²) in [6.45, 7) is 4.34. The standard InChI is InChI=1S/C20H14S2/c1-11-4-6-17-14(7-11)16-10-19-15(9-20(16)21-17)13-5-3-12(2)8-18(13)22-19/h3-10H,1-2H3. The van der Waals surface area contributed by atoms with Crippen LogP contribution in [0.1, 0.15) is 11.1 Å². The Morgan fingerprint density at radius 3 is 1.86 bits per heavy atom. The zero-order valence-electron chi connectivity index (χ0n) is 12.4. The smallest absolute Gasteiger partial charge is 0.0362 e. The molecule has 0 nitrogen and oxygen atoms in total. The van der Waals surface area contributed by atoms with E-state index in [2.05, 4.69) is 62.4 Å². The van der Waals surface area contributed by atoms with Gasteiger partial charge in [0.1, 0.15) is 0 Å². The van der Waals surface area contributed by atoms with Crippen LogP contribution in [0, 0.1) is 13.8 Å². The third-order valence-electron chi connectivity index (χ3n) is 4.37. The van der Waals surface area contributed by atoms with Crippen molar-refractivity contribution in [3.05, 3.63) is 59.7 Å². The van der Waals surface area contributed by atoms with E-state index in [4.69, 9.17) is 0 Å². The lowest BCUT2D eigenvalue weighted by atomic mass is 10.1. The Kier molecular flexibility index (Phi) is 2.47. The number of aryl methyl sites for hydroxylation is 2. The molecule has 2 aromatic heterocycles. The molecule has 0 aliphatic rings. The first-order chi connectivity index (χ1) is 10.7. The Bertz CT molecular complexity index is 1190. The van der Waals surface area contributed by atoms with E-state index in [0.29, 0.717) is 0 Å². The van der Waals surface area contributed by atoms with Crippen molar-refractivity contribution in [1.29, 1.82) is 0 Å². The van der Waals surface area contributed by atoms with Crippen LogP contribution < -0.4 is 0 Å². The van der Waals surface area contributed by atoms with Gasteiger partial charge < -0.3 is 0 Å². The molecule has 0 N–H and O–H groups in total. The first kappa shape index (κ1) is 12.6. The molecule has 5 rings (SSSR count). The van der Waals surface area contributed by atoms with Crippen molar-refractivity contribution < 1.29 is 0 Å². The molecule has 22 heavy (non-hydrogen) atoms. The van der Waals surface area contributed by atoms with Crippen LogP contribution in [-0.4, -0.2) is 0 Å². The molecule has 0 atom stereocenters. The Morgan fingerprint density at radius 2 is 1.05 bits per heavy atom. The van der Waals surface area contributed by atoms with Crippen LogP contribution in [0.3, 0.4) is 0 Å². The van der Waals surface area contributed by atoms with E-state index in [1.54, 1.807) is 0 Å². The summed E-state index contributed by atoms with van der Waals surface area (Å²) in [6, 6.07) is 18.3. The number of hydrogen-bond donors (Lipinski definition) is 0. The van der Waals surface area contributed by atoms with Crippen LogP contribution in [0.25, 0.3) is 40.3 Å². The van der Waals surface area contributed by atoms with E-state index in [9.17, 15) is 0 Å². The van der Waals surface area contributed by atoms with E-state index in [1.807, 2.05) is 22.7 Å². The molecule has 0 saturated carbocycles. The summed E-state index contributed by atoms with van der Waals surface area (Å²) in [6.07, 6.45) is 0.